The summed E-state index contributed by atoms with van der Waals surface area (Å²) < 4.78 is 11.3. The van der Waals surface area contributed by atoms with Gasteiger partial charge in [0.15, 0.2) is 5.60 Å². The summed E-state index contributed by atoms with van der Waals surface area (Å²) in [4.78, 5) is 24.4. The standard InChI is InChI=1S/C17H22O4/c1-8(2)16(19)20-13-9(3)10(4)14-12(11(13)5)15(18)17(6,7)21-14/h8H,1-7H3. The molecule has 0 spiro atoms. The van der Waals surface area contributed by atoms with Gasteiger partial charge in [0, 0.05) is 5.56 Å². The Kier molecular flexibility index (Phi) is 3.60. The Hall–Kier alpha value is -1.84. The fourth-order valence-corrected chi connectivity index (χ4v) is 2.47. The van der Waals surface area contributed by atoms with Gasteiger partial charge in [-0.1, -0.05) is 13.8 Å². The largest absolute Gasteiger partial charge is 0.479 e. The molecule has 1 aromatic carbocycles. The molecule has 0 atom stereocenters. The molecule has 1 aromatic rings. The van der Waals surface area contributed by atoms with Crippen LogP contribution in [0.15, 0.2) is 0 Å². The molecule has 0 saturated heterocycles. The number of Topliss-reactive ketones (excluding diaryl/α,β-unsaturated/α-hetero) is 1. The molecule has 2 rings (SSSR count). The van der Waals surface area contributed by atoms with Crippen molar-refractivity contribution in [3.05, 3.63) is 22.3 Å². The van der Waals surface area contributed by atoms with Crippen molar-refractivity contribution in [3.8, 4) is 11.5 Å². The number of hydrogen-bond acceptors (Lipinski definition) is 4. The molecule has 114 valence electrons. The molecule has 0 unspecified atom stereocenters. The van der Waals surface area contributed by atoms with Crippen LogP contribution in [0, 0.1) is 26.7 Å². The van der Waals surface area contributed by atoms with E-state index in [9.17, 15) is 9.59 Å². The number of ether oxygens (including phenoxy) is 2. The molecule has 0 amide bonds. The number of carbonyl (C=O) groups excluding carboxylic acids is 2. The maximum Gasteiger partial charge on any atom is 0.313 e. The SMILES string of the molecule is Cc1c(C)c2c(c(C)c1OC(=O)C(C)C)C(=O)C(C)(C)O2. The van der Waals surface area contributed by atoms with Crippen LogP contribution in [0.4, 0.5) is 0 Å². The second-order valence-electron chi connectivity index (χ2n) is 6.43. The summed E-state index contributed by atoms with van der Waals surface area (Å²) >= 11 is 0. The normalized spacial score (nSPS) is 15.9. The molecule has 0 saturated carbocycles. The van der Waals surface area contributed by atoms with Crippen molar-refractivity contribution >= 4 is 11.8 Å². The second kappa shape index (κ2) is 4.86. The minimum Gasteiger partial charge on any atom is -0.479 e. The molecule has 21 heavy (non-hydrogen) atoms. The van der Waals surface area contributed by atoms with E-state index in [2.05, 4.69) is 0 Å². The molecule has 0 N–H and O–H groups in total. The highest BCUT2D eigenvalue weighted by molar-refractivity contribution is 6.09. The van der Waals surface area contributed by atoms with E-state index in [-0.39, 0.29) is 17.7 Å². The van der Waals surface area contributed by atoms with E-state index in [1.54, 1.807) is 34.6 Å². The number of carbonyl (C=O) groups is 2. The Labute approximate surface area is 125 Å². The van der Waals surface area contributed by atoms with Crippen molar-refractivity contribution in [2.24, 2.45) is 5.92 Å². The molecule has 1 aliphatic rings. The van der Waals surface area contributed by atoms with Crippen LogP contribution in [0.5, 0.6) is 11.5 Å². The quantitative estimate of drug-likeness (QED) is 0.617. The topological polar surface area (TPSA) is 52.6 Å². The Morgan fingerprint density at radius 3 is 2.19 bits per heavy atom. The van der Waals surface area contributed by atoms with Crippen LogP contribution in [-0.4, -0.2) is 17.4 Å². The zero-order valence-electron chi connectivity index (χ0n) is 13.7. The molecule has 1 aliphatic heterocycles. The summed E-state index contributed by atoms with van der Waals surface area (Å²) in [5.41, 5.74) is 2.03. The monoisotopic (exact) mass is 290 g/mol. The average molecular weight is 290 g/mol. The first-order valence-corrected chi connectivity index (χ1v) is 7.17. The molecule has 4 heteroatoms. The van der Waals surface area contributed by atoms with Crippen LogP contribution in [0.25, 0.3) is 0 Å². The van der Waals surface area contributed by atoms with E-state index in [4.69, 9.17) is 9.47 Å². The molecular weight excluding hydrogens is 268 g/mol. The highest BCUT2D eigenvalue weighted by atomic mass is 16.5. The van der Waals surface area contributed by atoms with Crippen molar-refractivity contribution in [1.82, 2.24) is 0 Å². The molecule has 0 radical (unpaired) electrons. The Bertz CT molecular complexity index is 639. The van der Waals surface area contributed by atoms with Gasteiger partial charge in [-0.25, -0.2) is 0 Å². The van der Waals surface area contributed by atoms with Gasteiger partial charge >= 0.3 is 5.97 Å². The zero-order valence-corrected chi connectivity index (χ0v) is 13.7. The van der Waals surface area contributed by atoms with E-state index in [0.29, 0.717) is 22.6 Å². The molecule has 0 fully saturated rings. The maximum atomic E-state index is 12.5. The van der Waals surface area contributed by atoms with Gasteiger partial charge in [-0.2, -0.15) is 0 Å². The van der Waals surface area contributed by atoms with Crippen molar-refractivity contribution in [1.29, 1.82) is 0 Å². The first kappa shape index (κ1) is 15.5. The van der Waals surface area contributed by atoms with Gasteiger partial charge in [-0.15, -0.1) is 0 Å². The fraction of sp³-hybridized carbons (Fsp3) is 0.529. The van der Waals surface area contributed by atoms with Crippen LogP contribution < -0.4 is 9.47 Å². The third-order valence-corrected chi connectivity index (χ3v) is 3.99. The summed E-state index contributed by atoms with van der Waals surface area (Å²) in [6, 6.07) is 0. The summed E-state index contributed by atoms with van der Waals surface area (Å²) in [5, 5.41) is 0. The van der Waals surface area contributed by atoms with Crippen LogP contribution in [0.3, 0.4) is 0 Å². The molecule has 0 bridgehead atoms. The van der Waals surface area contributed by atoms with Crippen molar-refractivity contribution in [2.75, 3.05) is 0 Å². The molecule has 1 heterocycles. The smallest absolute Gasteiger partial charge is 0.313 e. The van der Waals surface area contributed by atoms with Crippen molar-refractivity contribution in [2.45, 2.75) is 54.1 Å². The predicted octanol–water partition coefficient (Wildman–Crippen LogP) is 3.53. The minimum atomic E-state index is -0.870. The molecule has 0 aromatic heterocycles. The Morgan fingerprint density at radius 1 is 1.10 bits per heavy atom. The molecule has 4 nitrogen and oxygen atoms in total. The summed E-state index contributed by atoms with van der Waals surface area (Å²) in [5.74, 6) is 0.510. The van der Waals surface area contributed by atoms with Gasteiger partial charge in [0.25, 0.3) is 0 Å². The van der Waals surface area contributed by atoms with Crippen LogP contribution in [0.1, 0.15) is 54.7 Å². The van der Waals surface area contributed by atoms with Crippen molar-refractivity contribution in [3.63, 3.8) is 0 Å². The number of hydrogen-bond donors (Lipinski definition) is 0. The summed E-state index contributed by atoms with van der Waals surface area (Å²) in [6.07, 6.45) is 0. The number of esters is 1. The predicted molar refractivity (Wildman–Crippen MR) is 80.2 cm³/mol. The minimum absolute atomic E-state index is 0.0695. The summed E-state index contributed by atoms with van der Waals surface area (Å²) in [7, 11) is 0. The van der Waals surface area contributed by atoms with E-state index < -0.39 is 5.60 Å². The lowest BCUT2D eigenvalue weighted by Crippen LogP contribution is -2.32. The van der Waals surface area contributed by atoms with Crippen LogP contribution >= 0.6 is 0 Å². The highest BCUT2D eigenvalue weighted by Gasteiger charge is 2.43. The second-order valence-corrected chi connectivity index (χ2v) is 6.43. The van der Waals surface area contributed by atoms with Gasteiger partial charge in [0.05, 0.1) is 11.5 Å². The van der Waals surface area contributed by atoms with Gasteiger partial charge in [0.1, 0.15) is 11.5 Å². The van der Waals surface area contributed by atoms with E-state index in [1.165, 1.54) is 0 Å². The first-order valence-electron chi connectivity index (χ1n) is 7.17. The van der Waals surface area contributed by atoms with Crippen molar-refractivity contribution < 1.29 is 19.1 Å². The molecule has 0 aliphatic carbocycles. The Morgan fingerprint density at radius 2 is 1.67 bits per heavy atom. The first-order chi connectivity index (χ1) is 9.58. The average Bonchev–Trinajstić information content (AvgIpc) is 2.63. The lowest BCUT2D eigenvalue weighted by molar-refractivity contribution is -0.137. The van der Waals surface area contributed by atoms with Crippen LogP contribution in [0.2, 0.25) is 0 Å². The molecular formula is C17H22O4. The van der Waals surface area contributed by atoms with E-state index in [1.807, 2.05) is 13.8 Å². The fourth-order valence-electron chi connectivity index (χ4n) is 2.47. The zero-order chi connectivity index (χ0) is 16.1. The highest BCUT2D eigenvalue weighted by Crippen LogP contribution is 2.45. The lowest BCUT2D eigenvalue weighted by atomic mass is 9.92. The van der Waals surface area contributed by atoms with Crippen LogP contribution in [-0.2, 0) is 4.79 Å². The van der Waals surface area contributed by atoms with Gasteiger partial charge < -0.3 is 9.47 Å². The van der Waals surface area contributed by atoms with Gasteiger partial charge in [-0.3, -0.25) is 9.59 Å². The third-order valence-electron chi connectivity index (χ3n) is 3.99. The van der Waals surface area contributed by atoms with Gasteiger partial charge in [0.2, 0.25) is 5.78 Å². The van der Waals surface area contributed by atoms with E-state index in [0.717, 1.165) is 11.1 Å². The Balaban J connectivity index is 2.62. The third kappa shape index (κ3) is 2.33. The number of ketones is 1. The number of fused-ring (bicyclic) bond motifs is 1. The lowest BCUT2D eigenvalue weighted by Gasteiger charge is -2.18. The maximum absolute atomic E-state index is 12.5. The number of rotatable bonds is 2. The van der Waals surface area contributed by atoms with E-state index >= 15 is 0 Å². The number of benzene rings is 1. The van der Waals surface area contributed by atoms with Gasteiger partial charge in [-0.05, 0) is 45.7 Å². The summed E-state index contributed by atoms with van der Waals surface area (Å²) in [6.45, 7) is 12.6.